The van der Waals surface area contributed by atoms with Crippen LogP contribution in [0.3, 0.4) is 0 Å². The Hall–Kier alpha value is -1.18. The molecule has 6 nitrogen and oxygen atoms in total. The number of anilines is 1. The molecule has 3 heterocycles. The molecule has 1 saturated heterocycles. The minimum absolute atomic E-state index is 0.705. The second-order valence-electron chi connectivity index (χ2n) is 3.97. The van der Waals surface area contributed by atoms with Crippen LogP contribution in [-0.2, 0) is 4.74 Å². The number of nitrogens with one attached hydrogen (secondary N) is 1. The summed E-state index contributed by atoms with van der Waals surface area (Å²) in [6.07, 6.45) is 1.48. The lowest BCUT2D eigenvalue weighted by atomic mass is 10.3. The van der Waals surface area contributed by atoms with Gasteiger partial charge in [0.2, 0.25) is 0 Å². The Kier molecular flexibility index (Phi) is 3.67. The van der Waals surface area contributed by atoms with E-state index in [2.05, 4.69) is 48.7 Å². The van der Waals surface area contributed by atoms with Crippen LogP contribution in [0.15, 0.2) is 6.33 Å². The number of thiophene rings is 1. The average molecular weight is 387 g/mol. The van der Waals surface area contributed by atoms with Crippen molar-refractivity contribution in [2.24, 2.45) is 0 Å². The van der Waals surface area contributed by atoms with E-state index in [4.69, 9.17) is 4.74 Å². The number of aromatic amines is 1. The summed E-state index contributed by atoms with van der Waals surface area (Å²) in [6, 6.07) is 2.30. The highest BCUT2D eigenvalue weighted by atomic mass is 127. The smallest absolute Gasteiger partial charge is 0.166 e. The number of nitriles is 1. The van der Waals surface area contributed by atoms with Crippen molar-refractivity contribution in [3.63, 3.8) is 0 Å². The standard InChI is InChI=1S/C11H10IN5OS/c12-8-7(5-13)11(17-1-3-18-4-2-17)19-9(8)10-14-6-15-16-10/h6H,1-4H2,(H,14,15,16). The first-order chi connectivity index (χ1) is 9.31. The Morgan fingerprint density at radius 1 is 1.47 bits per heavy atom. The summed E-state index contributed by atoms with van der Waals surface area (Å²) >= 11 is 3.78. The van der Waals surface area contributed by atoms with Gasteiger partial charge >= 0.3 is 0 Å². The summed E-state index contributed by atoms with van der Waals surface area (Å²) in [7, 11) is 0. The van der Waals surface area contributed by atoms with E-state index in [1.807, 2.05) is 0 Å². The molecule has 1 aliphatic rings. The molecule has 0 aromatic carbocycles. The van der Waals surface area contributed by atoms with Crippen LogP contribution in [0, 0.1) is 14.9 Å². The van der Waals surface area contributed by atoms with Crippen molar-refractivity contribution >= 4 is 38.9 Å². The van der Waals surface area contributed by atoms with E-state index in [0.29, 0.717) is 19.0 Å². The number of H-pyrrole nitrogens is 1. The summed E-state index contributed by atoms with van der Waals surface area (Å²) in [4.78, 5) is 7.34. The number of aromatic nitrogens is 3. The molecule has 0 radical (unpaired) electrons. The SMILES string of the molecule is N#Cc1c(N2CCOCC2)sc(-c2ncn[nH]2)c1I. The van der Waals surface area contributed by atoms with Gasteiger partial charge in [0.25, 0.3) is 0 Å². The van der Waals surface area contributed by atoms with E-state index in [9.17, 15) is 5.26 Å². The van der Waals surface area contributed by atoms with Crippen molar-refractivity contribution < 1.29 is 4.74 Å². The molecule has 2 aromatic heterocycles. The minimum Gasteiger partial charge on any atom is -0.378 e. The number of hydrogen-bond acceptors (Lipinski definition) is 6. The monoisotopic (exact) mass is 387 g/mol. The van der Waals surface area contributed by atoms with Crippen LogP contribution >= 0.6 is 33.9 Å². The second-order valence-corrected chi connectivity index (χ2v) is 6.05. The van der Waals surface area contributed by atoms with E-state index in [1.165, 1.54) is 6.33 Å². The first-order valence-electron chi connectivity index (χ1n) is 5.72. The molecule has 3 rings (SSSR count). The van der Waals surface area contributed by atoms with E-state index in [0.717, 1.165) is 32.1 Å². The highest BCUT2D eigenvalue weighted by Gasteiger charge is 2.24. The number of morpholine rings is 1. The molecule has 0 saturated carbocycles. The highest BCUT2D eigenvalue weighted by molar-refractivity contribution is 14.1. The van der Waals surface area contributed by atoms with E-state index in [1.54, 1.807) is 11.3 Å². The lowest BCUT2D eigenvalue weighted by Crippen LogP contribution is -2.36. The maximum absolute atomic E-state index is 9.39. The van der Waals surface area contributed by atoms with E-state index >= 15 is 0 Å². The van der Waals surface area contributed by atoms with Crippen LogP contribution in [-0.4, -0.2) is 41.5 Å². The molecule has 98 valence electrons. The van der Waals surface area contributed by atoms with Crippen molar-refractivity contribution in [3.8, 4) is 16.8 Å². The lowest BCUT2D eigenvalue weighted by molar-refractivity contribution is 0.123. The summed E-state index contributed by atoms with van der Waals surface area (Å²) in [5, 5.41) is 17.1. The quantitative estimate of drug-likeness (QED) is 0.796. The molecule has 0 aliphatic carbocycles. The third-order valence-corrected chi connectivity index (χ3v) is 5.57. The summed E-state index contributed by atoms with van der Waals surface area (Å²) in [5.41, 5.74) is 0.721. The van der Waals surface area contributed by atoms with Crippen LogP contribution in [0.2, 0.25) is 0 Å². The molecule has 0 unspecified atom stereocenters. The molecule has 8 heteroatoms. The Morgan fingerprint density at radius 2 is 2.26 bits per heavy atom. The Morgan fingerprint density at radius 3 is 2.89 bits per heavy atom. The van der Waals surface area contributed by atoms with Gasteiger partial charge < -0.3 is 9.64 Å². The largest absolute Gasteiger partial charge is 0.378 e. The molecule has 0 bridgehead atoms. The van der Waals surface area contributed by atoms with Gasteiger partial charge in [-0.05, 0) is 22.6 Å². The topological polar surface area (TPSA) is 77.8 Å². The van der Waals surface area contributed by atoms with Gasteiger partial charge in [-0.15, -0.1) is 11.3 Å². The molecule has 0 spiro atoms. The van der Waals surface area contributed by atoms with Gasteiger partial charge in [0.15, 0.2) is 5.82 Å². The van der Waals surface area contributed by atoms with Gasteiger partial charge in [-0.1, -0.05) is 0 Å². The molecule has 2 aromatic rings. The lowest BCUT2D eigenvalue weighted by Gasteiger charge is -2.27. The van der Waals surface area contributed by atoms with Crippen LogP contribution in [0.1, 0.15) is 5.56 Å². The number of ether oxygens (including phenoxy) is 1. The fourth-order valence-electron chi connectivity index (χ4n) is 1.95. The summed E-state index contributed by atoms with van der Waals surface area (Å²) < 4.78 is 6.29. The molecule has 1 N–H and O–H groups in total. The number of halogens is 1. The second kappa shape index (κ2) is 5.44. The van der Waals surface area contributed by atoms with Crippen LogP contribution in [0.5, 0.6) is 0 Å². The predicted molar refractivity (Wildman–Crippen MR) is 80.2 cm³/mol. The Balaban J connectivity index is 2.05. The van der Waals surface area contributed by atoms with Crippen LogP contribution in [0.4, 0.5) is 5.00 Å². The van der Waals surface area contributed by atoms with Crippen LogP contribution < -0.4 is 4.90 Å². The molecule has 0 amide bonds. The zero-order valence-corrected chi connectivity index (χ0v) is 12.9. The first kappa shape index (κ1) is 12.8. The van der Waals surface area contributed by atoms with Crippen molar-refractivity contribution in [2.75, 3.05) is 31.2 Å². The highest BCUT2D eigenvalue weighted by Crippen LogP contribution is 2.41. The third-order valence-electron chi connectivity index (χ3n) is 2.87. The third kappa shape index (κ3) is 2.33. The zero-order chi connectivity index (χ0) is 13.2. The summed E-state index contributed by atoms with van der Waals surface area (Å²) in [5.74, 6) is 0.713. The van der Waals surface area contributed by atoms with Crippen LogP contribution in [0.25, 0.3) is 10.7 Å². The number of nitrogens with zero attached hydrogens (tertiary/aromatic N) is 4. The maximum atomic E-state index is 9.39. The maximum Gasteiger partial charge on any atom is 0.166 e. The van der Waals surface area contributed by atoms with Gasteiger partial charge in [-0.3, -0.25) is 5.10 Å². The van der Waals surface area contributed by atoms with Crippen molar-refractivity contribution in [3.05, 3.63) is 15.5 Å². The molecule has 0 atom stereocenters. The van der Waals surface area contributed by atoms with Crippen molar-refractivity contribution in [2.45, 2.75) is 0 Å². The van der Waals surface area contributed by atoms with E-state index < -0.39 is 0 Å². The molecular weight excluding hydrogens is 377 g/mol. The normalized spacial score (nSPS) is 15.5. The van der Waals surface area contributed by atoms with Gasteiger partial charge in [0.05, 0.1) is 21.7 Å². The minimum atomic E-state index is 0.705. The summed E-state index contributed by atoms with van der Waals surface area (Å²) in [6.45, 7) is 3.05. The van der Waals surface area contributed by atoms with Gasteiger partial charge in [0, 0.05) is 13.1 Å². The Labute approximate surface area is 127 Å². The fraction of sp³-hybridized carbons (Fsp3) is 0.364. The van der Waals surface area contributed by atoms with Gasteiger partial charge in [0.1, 0.15) is 23.0 Å². The molecule has 19 heavy (non-hydrogen) atoms. The zero-order valence-electron chi connectivity index (χ0n) is 9.89. The fourth-order valence-corrected chi connectivity index (χ4v) is 4.24. The Bertz CT molecular complexity index is 612. The average Bonchev–Trinajstić information content (AvgIpc) is 3.07. The molecule has 1 aliphatic heterocycles. The predicted octanol–water partition coefficient (Wildman–Crippen LogP) is 1.85. The first-order valence-corrected chi connectivity index (χ1v) is 7.61. The number of hydrogen-bond donors (Lipinski definition) is 1. The molecule has 1 fully saturated rings. The van der Waals surface area contributed by atoms with Crippen molar-refractivity contribution in [1.29, 1.82) is 5.26 Å². The van der Waals surface area contributed by atoms with Gasteiger partial charge in [-0.25, -0.2) is 4.98 Å². The van der Waals surface area contributed by atoms with Crippen molar-refractivity contribution in [1.82, 2.24) is 15.2 Å². The van der Waals surface area contributed by atoms with Gasteiger partial charge in [-0.2, -0.15) is 10.4 Å². The number of rotatable bonds is 2. The molecular formula is C11H10IN5OS. The van der Waals surface area contributed by atoms with E-state index in [-0.39, 0.29) is 0 Å².